The molecule has 1 aliphatic carbocycles. The van der Waals surface area contributed by atoms with E-state index in [1.54, 1.807) is 0 Å². The minimum atomic E-state index is -0.545. The summed E-state index contributed by atoms with van der Waals surface area (Å²) < 4.78 is 6.22. The van der Waals surface area contributed by atoms with E-state index in [0.717, 1.165) is 51.4 Å². The minimum absolute atomic E-state index is 0.0660. The number of halogens is 1. The molecule has 0 saturated heterocycles. The summed E-state index contributed by atoms with van der Waals surface area (Å²) in [5, 5.41) is 11.2. The van der Waals surface area contributed by atoms with Crippen LogP contribution in [0.1, 0.15) is 72.9 Å². The fraction of sp³-hybridized carbons (Fsp3) is 0.333. The Labute approximate surface area is 254 Å². The summed E-state index contributed by atoms with van der Waals surface area (Å²) in [6.45, 7) is 12.8. The van der Waals surface area contributed by atoms with Crippen molar-refractivity contribution in [3.8, 4) is 11.8 Å². The Kier molecular flexibility index (Phi) is 7.96. The number of nitrogens with zero attached hydrogens (tertiary/aromatic N) is 2. The molecule has 1 heterocycles. The number of hydrogen-bond donors (Lipinski definition) is 1. The molecular formula is C36H38ClN3O2. The fourth-order valence-corrected chi connectivity index (χ4v) is 6.54. The molecule has 0 spiro atoms. The lowest BCUT2D eigenvalue weighted by atomic mass is 9.68. The van der Waals surface area contributed by atoms with Gasteiger partial charge in [0.25, 0.3) is 0 Å². The van der Waals surface area contributed by atoms with Gasteiger partial charge in [0.1, 0.15) is 18.2 Å². The molecule has 0 bridgehead atoms. The maximum atomic E-state index is 14.0. The number of carbonyl (C=O) groups excluding carboxylic acids is 1. The predicted molar refractivity (Wildman–Crippen MR) is 169 cm³/mol. The Morgan fingerprint density at radius 3 is 2.38 bits per heavy atom. The summed E-state index contributed by atoms with van der Waals surface area (Å²) in [6, 6.07) is 20.4. The van der Waals surface area contributed by atoms with Crippen molar-refractivity contribution in [3.05, 3.63) is 116 Å². The van der Waals surface area contributed by atoms with E-state index in [0.29, 0.717) is 41.4 Å². The first-order chi connectivity index (χ1) is 19.9. The van der Waals surface area contributed by atoms with Crippen molar-refractivity contribution in [1.82, 2.24) is 0 Å². The van der Waals surface area contributed by atoms with Crippen LogP contribution in [-0.4, -0.2) is 5.78 Å². The molecule has 1 unspecified atom stereocenters. The Morgan fingerprint density at radius 1 is 1.02 bits per heavy atom. The number of nitriles is 1. The van der Waals surface area contributed by atoms with Crippen LogP contribution in [0.25, 0.3) is 0 Å². The van der Waals surface area contributed by atoms with Crippen LogP contribution in [0.4, 0.5) is 5.69 Å². The standard InChI is InChI=1S/C36H38ClN3O2/c1-7-24-8-11-27(12-9-24)40-30-17-36(5,6)18-31(41)34(30)33(29(19-38)35(40)39)28-16-25(21(2)14-22(28)3)20-42-32-13-10-26(37)15-23(32)4/h8-16,33H,7,17-18,20,39H2,1-6H3. The minimum Gasteiger partial charge on any atom is -0.489 e. The number of Topliss-reactive ketones (excluding diaryl/α,β-unsaturated/α-hetero) is 1. The molecule has 216 valence electrons. The molecule has 42 heavy (non-hydrogen) atoms. The number of hydrogen-bond acceptors (Lipinski definition) is 5. The van der Waals surface area contributed by atoms with Gasteiger partial charge in [-0.3, -0.25) is 9.69 Å². The largest absolute Gasteiger partial charge is 0.489 e. The van der Waals surface area contributed by atoms with Crippen molar-refractivity contribution >= 4 is 23.1 Å². The normalized spacial score (nSPS) is 18.2. The number of aryl methyl sites for hydroxylation is 4. The number of anilines is 1. The second kappa shape index (κ2) is 11.3. The SMILES string of the molecule is CCc1ccc(N2C(N)=C(C#N)C(c3cc(COc4ccc(Cl)cc4C)c(C)cc3C)C3=C2CC(C)(C)CC3=O)cc1. The number of rotatable bonds is 6. The highest BCUT2D eigenvalue weighted by Crippen LogP contribution is 2.51. The van der Waals surface area contributed by atoms with Gasteiger partial charge in [-0.1, -0.05) is 56.6 Å². The molecule has 1 aliphatic heterocycles. The number of allylic oxidation sites excluding steroid dienone is 3. The van der Waals surface area contributed by atoms with Crippen LogP contribution in [0.15, 0.2) is 77.3 Å². The molecule has 0 saturated carbocycles. The van der Waals surface area contributed by atoms with Gasteiger partial charge in [-0.2, -0.15) is 5.26 Å². The van der Waals surface area contributed by atoms with Crippen LogP contribution in [0.3, 0.4) is 0 Å². The van der Waals surface area contributed by atoms with Crippen molar-refractivity contribution in [3.63, 3.8) is 0 Å². The molecule has 1 atom stereocenters. The van der Waals surface area contributed by atoms with Crippen molar-refractivity contribution in [1.29, 1.82) is 5.26 Å². The van der Waals surface area contributed by atoms with Crippen LogP contribution < -0.4 is 15.4 Å². The second-order valence-electron chi connectivity index (χ2n) is 12.3. The van der Waals surface area contributed by atoms with Gasteiger partial charge in [0.05, 0.1) is 17.6 Å². The van der Waals surface area contributed by atoms with E-state index >= 15 is 0 Å². The molecule has 5 nitrogen and oxygen atoms in total. The van der Waals surface area contributed by atoms with E-state index in [-0.39, 0.29) is 11.2 Å². The van der Waals surface area contributed by atoms with Crippen molar-refractivity contribution < 1.29 is 9.53 Å². The number of carbonyl (C=O) groups is 1. The summed E-state index contributed by atoms with van der Waals surface area (Å²) in [5.74, 6) is 0.665. The van der Waals surface area contributed by atoms with E-state index in [1.807, 2.05) is 49.1 Å². The van der Waals surface area contributed by atoms with E-state index in [2.05, 4.69) is 58.0 Å². The topological polar surface area (TPSA) is 79.3 Å². The Hall–Kier alpha value is -4.01. The third-order valence-corrected chi connectivity index (χ3v) is 8.77. The zero-order chi connectivity index (χ0) is 30.3. The lowest BCUT2D eigenvalue weighted by molar-refractivity contribution is -0.118. The van der Waals surface area contributed by atoms with E-state index in [4.69, 9.17) is 22.1 Å². The molecule has 0 fully saturated rings. The van der Waals surface area contributed by atoms with Gasteiger partial charge in [-0.25, -0.2) is 0 Å². The monoisotopic (exact) mass is 579 g/mol. The van der Waals surface area contributed by atoms with Crippen molar-refractivity contribution in [2.45, 2.75) is 73.3 Å². The second-order valence-corrected chi connectivity index (χ2v) is 12.8. The molecule has 2 N–H and O–H groups in total. The van der Waals surface area contributed by atoms with Gasteiger partial charge in [-0.15, -0.1) is 0 Å². The first-order valence-electron chi connectivity index (χ1n) is 14.5. The van der Waals surface area contributed by atoms with Crippen LogP contribution in [0.5, 0.6) is 5.75 Å². The van der Waals surface area contributed by atoms with E-state index < -0.39 is 5.92 Å². The average molecular weight is 580 g/mol. The lowest BCUT2D eigenvalue weighted by Gasteiger charge is -2.44. The zero-order valence-corrected chi connectivity index (χ0v) is 26.0. The maximum Gasteiger partial charge on any atom is 0.162 e. The molecule has 5 rings (SSSR count). The highest BCUT2D eigenvalue weighted by atomic mass is 35.5. The number of benzene rings is 3. The molecule has 2 aliphatic rings. The Morgan fingerprint density at radius 2 is 1.74 bits per heavy atom. The third kappa shape index (κ3) is 5.44. The molecule has 6 heteroatoms. The lowest BCUT2D eigenvalue weighted by Crippen LogP contribution is -2.42. The predicted octanol–water partition coefficient (Wildman–Crippen LogP) is 8.35. The average Bonchev–Trinajstić information content (AvgIpc) is 2.92. The van der Waals surface area contributed by atoms with Crippen LogP contribution in [0.2, 0.25) is 5.02 Å². The van der Waals surface area contributed by atoms with E-state index in [1.165, 1.54) is 5.56 Å². The summed E-state index contributed by atoms with van der Waals surface area (Å²) in [7, 11) is 0. The van der Waals surface area contributed by atoms with Crippen LogP contribution in [0, 0.1) is 37.5 Å². The van der Waals surface area contributed by atoms with Crippen molar-refractivity contribution in [2.75, 3.05) is 4.90 Å². The molecule has 3 aromatic carbocycles. The van der Waals surface area contributed by atoms with Crippen LogP contribution in [-0.2, 0) is 17.8 Å². The number of ketones is 1. The first-order valence-corrected chi connectivity index (χ1v) is 14.9. The van der Waals surface area contributed by atoms with E-state index in [9.17, 15) is 10.1 Å². The Balaban J connectivity index is 1.64. The molecule has 0 aromatic heterocycles. The van der Waals surface area contributed by atoms with Gasteiger partial charge in [0.2, 0.25) is 0 Å². The zero-order valence-electron chi connectivity index (χ0n) is 25.3. The summed E-state index contributed by atoms with van der Waals surface area (Å²) in [6.07, 6.45) is 2.02. The number of nitrogens with two attached hydrogens (primary N) is 1. The van der Waals surface area contributed by atoms with Gasteiger partial charge in [-0.05, 0) is 103 Å². The van der Waals surface area contributed by atoms with Gasteiger partial charge in [0.15, 0.2) is 5.78 Å². The fourth-order valence-electron chi connectivity index (χ4n) is 6.31. The highest BCUT2D eigenvalue weighted by Gasteiger charge is 2.45. The third-order valence-electron chi connectivity index (χ3n) is 8.54. The van der Waals surface area contributed by atoms with Gasteiger partial charge >= 0.3 is 0 Å². The maximum absolute atomic E-state index is 14.0. The highest BCUT2D eigenvalue weighted by molar-refractivity contribution is 6.30. The molecular weight excluding hydrogens is 542 g/mol. The summed E-state index contributed by atoms with van der Waals surface area (Å²) in [5.41, 5.74) is 15.6. The smallest absolute Gasteiger partial charge is 0.162 e. The van der Waals surface area contributed by atoms with Crippen LogP contribution >= 0.6 is 11.6 Å². The Bertz CT molecular complexity index is 1670. The van der Waals surface area contributed by atoms with Crippen molar-refractivity contribution in [2.24, 2.45) is 11.1 Å². The van der Waals surface area contributed by atoms with Gasteiger partial charge in [0, 0.05) is 28.4 Å². The molecule has 0 radical (unpaired) electrons. The molecule has 3 aromatic rings. The quantitative estimate of drug-likeness (QED) is 0.317. The number of ether oxygens (including phenoxy) is 1. The first kappa shape index (κ1) is 29.5. The summed E-state index contributed by atoms with van der Waals surface area (Å²) >= 11 is 6.14. The van der Waals surface area contributed by atoms with Gasteiger partial charge < -0.3 is 10.5 Å². The molecule has 0 amide bonds. The summed E-state index contributed by atoms with van der Waals surface area (Å²) in [4.78, 5) is 16.0.